The molecule has 0 fully saturated rings. The highest BCUT2D eigenvalue weighted by Gasteiger charge is 2.01. The molecule has 0 aromatic heterocycles. The Morgan fingerprint density at radius 1 is 1.24 bits per heavy atom. The molecule has 0 aliphatic heterocycles. The second kappa shape index (κ2) is 7.54. The van der Waals surface area contributed by atoms with Crippen LogP contribution in [0.4, 0.5) is 5.69 Å². The third-order valence-corrected chi connectivity index (χ3v) is 2.07. The van der Waals surface area contributed by atoms with E-state index in [0.717, 1.165) is 24.5 Å². The van der Waals surface area contributed by atoms with E-state index in [2.05, 4.69) is 12.2 Å². The first-order valence-corrected chi connectivity index (χ1v) is 5.88. The van der Waals surface area contributed by atoms with Crippen molar-refractivity contribution in [3.63, 3.8) is 0 Å². The molecule has 0 radical (unpaired) electrons. The fourth-order valence-corrected chi connectivity index (χ4v) is 1.28. The first kappa shape index (κ1) is 13.4. The molecule has 0 saturated heterocycles. The van der Waals surface area contributed by atoms with Crippen LogP contribution in [0.15, 0.2) is 24.3 Å². The van der Waals surface area contributed by atoms with E-state index in [1.54, 1.807) is 6.92 Å². The molecule has 1 aromatic rings. The van der Waals surface area contributed by atoms with E-state index >= 15 is 0 Å². The number of ether oxygens (including phenoxy) is 2. The lowest BCUT2D eigenvalue weighted by atomic mass is 10.3. The molecule has 4 nitrogen and oxygen atoms in total. The summed E-state index contributed by atoms with van der Waals surface area (Å²) in [7, 11) is 0. The van der Waals surface area contributed by atoms with Crippen LogP contribution >= 0.6 is 0 Å². The summed E-state index contributed by atoms with van der Waals surface area (Å²) >= 11 is 0. The van der Waals surface area contributed by atoms with Crippen LogP contribution in [0.25, 0.3) is 0 Å². The minimum Gasteiger partial charge on any atom is -0.494 e. The van der Waals surface area contributed by atoms with Crippen LogP contribution in [-0.2, 0) is 9.53 Å². The minimum atomic E-state index is -0.251. The van der Waals surface area contributed by atoms with E-state index < -0.39 is 0 Å². The Bertz CT molecular complexity index is 335. The van der Waals surface area contributed by atoms with Crippen molar-refractivity contribution in [3.8, 4) is 5.75 Å². The van der Waals surface area contributed by atoms with Gasteiger partial charge in [0, 0.05) is 5.69 Å². The molecule has 0 bridgehead atoms. The molecule has 0 spiro atoms. The lowest BCUT2D eigenvalue weighted by Crippen LogP contribution is -2.16. The molecular formula is C13H19NO3. The van der Waals surface area contributed by atoms with Crippen LogP contribution in [0.1, 0.15) is 20.3 Å². The van der Waals surface area contributed by atoms with E-state index in [9.17, 15) is 4.79 Å². The maximum absolute atomic E-state index is 11.1. The standard InChI is InChI=1S/C13H19NO3/c1-3-9-17-12-7-5-11(6-8-12)14-10-13(15)16-4-2/h5-8,14H,3-4,9-10H2,1-2H3. The Kier molecular flexibility index (Phi) is 5.93. The van der Waals surface area contributed by atoms with Crippen molar-refractivity contribution in [3.05, 3.63) is 24.3 Å². The number of rotatable bonds is 7. The summed E-state index contributed by atoms with van der Waals surface area (Å²) in [5.41, 5.74) is 0.877. The number of carbonyl (C=O) groups excluding carboxylic acids is 1. The van der Waals surface area contributed by atoms with Crippen LogP contribution in [0.5, 0.6) is 5.75 Å². The van der Waals surface area contributed by atoms with E-state index in [1.807, 2.05) is 24.3 Å². The van der Waals surface area contributed by atoms with Gasteiger partial charge >= 0.3 is 5.97 Å². The third kappa shape index (κ3) is 5.24. The number of benzene rings is 1. The van der Waals surface area contributed by atoms with Gasteiger partial charge in [0.1, 0.15) is 12.3 Å². The second-order valence-corrected chi connectivity index (χ2v) is 3.53. The lowest BCUT2D eigenvalue weighted by molar-refractivity contribution is -0.140. The van der Waals surface area contributed by atoms with Crippen molar-refractivity contribution < 1.29 is 14.3 Å². The fourth-order valence-electron chi connectivity index (χ4n) is 1.28. The van der Waals surface area contributed by atoms with Gasteiger partial charge in [0.15, 0.2) is 0 Å². The molecule has 17 heavy (non-hydrogen) atoms. The molecular weight excluding hydrogens is 218 g/mol. The second-order valence-electron chi connectivity index (χ2n) is 3.53. The fraction of sp³-hybridized carbons (Fsp3) is 0.462. The minimum absolute atomic E-state index is 0.184. The smallest absolute Gasteiger partial charge is 0.325 e. The van der Waals surface area contributed by atoms with Crippen LogP contribution in [0.3, 0.4) is 0 Å². The maximum atomic E-state index is 11.1. The molecule has 1 aromatic carbocycles. The molecule has 1 N–H and O–H groups in total. The summed E-state index contributed by atoms with van der Waals surface area (Å²) < 4.78 is 10.3. The van der Waals surface area contributed by atoms with Gasteiger partial charge in [-0.1, -0.05) is 6.92 Å². The van der Waals surface area contributed by atoms with Crippen molar-refractivity contribution in [2.24, 2.45) is 0 Å². The average molecular weight is 237 g/mol. The predicted molar refractivity (Wildman–Crippen MR) is 67.4 cm³/mol. The molecule has 0 saturated carbocycles. The van der Waals surface area contributed by atoms with Crippen molar-refractivity contribution >= 4 is 11.7 Å². The van der Waals surface area contributed by atoms with Crippen LogP contribution < -0.4 is 10.1 Å². The van der Waals surface area contributed by atoms with Gasteiger partial charge in [0.25, 0.3) is 0 Å². The Labute approximate surface area is 102 Å². The van der Waals surface area contributed by atoms with Gasteiger partial charge in [0.05, 0.1) is 13.2 Å². The molecule has 0 aliphatic rings. The van der Waals surface area contributed by atoms with Crippen molar-refractivity contribution in [2.75, 3.05) is 25.1 Å². The first-order chi connectivity index (χ1) is 8.26. The largest absolute Gasteiger partial charge is 0.494 e. The summed E-state index contributed by atoms with van der Waals surface area (Å²) in [5, 5.41) is 2.98. The van der Waals surface area contributed by atoms with E-state index in [0.29, 0.717) is 6.61 Å². The van der Waals surface area contributed by atoms with E-state index in [-0.39, 0.29) is 12.5 Å². The molecule has 0 unspecified atom stereocenters. The topological polar surface area (TPSA) is 47.6 Å². The Hall–Kier alpha value is -1.71. The first-order valence-electron chi connectivity index (χ1n) is 5.88. The summed E-state index contributed by atoms with van der Waals surface area (Å²) in [6, 6.07) is 7.51. The number of anilines is 1. The van der Waals surface area contributed by atoms with Gasteiger partial charge in [-0.2, -0.15) is 0 Å². The number of nitrogens with one attached hydrogen (secondary N) is 1. The number of hydrogen-bond donors (Lipinski definition) is 1. The van der Waals surface area contributed by atoms with Gasteiger partial charge in [-0.25, -0.2) is 0 Å². The Morgan fingerprint density at radius 3 is 2.53 bits per heavy atom. The summed E-state index contributed by atoms with van der Waals surface area (Å²) in [6.07, 6.45) is 0.989. The number of hydrogen-bond acceptors (Lipinski definition) is 4. The average Bonchev–Trinajstić information content (AvgIpc) is 2.35. The third-order valence-electron chi connectivity index (χ3n) is 2.07. The zero-order valence-electron chi connectivity index (χ0n) is 10.4. The van der Waals surface area contributed by atoms with E-state index in [1.165, 1.54) is 0 Å². The highest BCUT2D eigenvalue weighted by atomic mass is 16.5. The molecule has 94 valence electrons. The molecule has 0 heterocycles. The summed E-state index contributed by atoms with van der Waals surface area (Å²) in [4.78, 5) is 11.1. The number of carbonyl (C=O) groups is 1. The normalized spacial score (nSPS) is 9.76. The highest BCUT2D eigenvalue weighted by Crippen LogP contribution is 2.15. The van der Waals surface area contributed by atoms with Crippen LogP contribution in [-0.4, -0.2) is 25.7 Å². The molecule has 1 rings (SSSR count). The number of esters is 1. The van der Waals surface area contributed by atoms with Crippen molar-refractivity contribution in [1.29, 1.82) is 0 Å². The van der Waals surface area contributed by atoms with Crippen molar-refractivity contribution in [2.45, 2.75) is 20.3 Å². The lowest BCUT2D eigenvalue weighted by Gasteiger charge is -2.08. The molecule has 0 atom stereocenters. The monoisotopic (exact) mass is 237 g/mol. The zero-order valence-corrected chi connectivity index (χ0v) is 10.4. The van der Waals surface area contributed by atoms with Gasteiger partial charge in [-0.3, -0.25) is 4.79 Å². The molecule has 4 heteroatoms. The maximum Gasteiger partial charge on any atom is 0.325 e. The van der Waals surface area contributed by atoms with Crippen LogP contribution in [0.2, 0.25) is 0 Å². The van der Waals surface area contributed by atoms with Gasteiger partial charge in [-0.15, -0.1) is 0 Å². The molecule has 0 amide bonds. The van der Waals surface area contributed by atoms with Gasteiger partial charge in [-0.05, 0) is 37.6 Å². The predicted octanol–water partition coefficient (Wildman–Crippen LogP) is 2.45. The Morgan fingerprint density at radius 2 is 1.94 bits per heavy atom. The molecule has 0 aliphatic carbocycles. The van der Waals surface area contributed by atoms with E-state index in [4.69, 9.17) is 9.47 Å². The SMILES string of the molecule is CCCOc1ccc(NCC(=O)OCC)cc1. The Balaban J connectivity index is 2.37. The van der Waals surface area contributed by atoms with Gasteiger partial charge in [0.2, 0.25) is 0 Å². The van der Waals surface area contributed by atoms with Crippen molar-refractivity contribution in [1.82, 2.24) is 0 Å². The van der Waals surface area contributed by atoms with Crippen LogP contribution in [0, 0.1) is 0 Å². The highest BCUT2D eigenvalue weighted by molar-refractivity contribution is 5.74. The zero-order chi connectivity index (χ0) is 12.5. The van der Waals surface area contributed by atoms with Gasteiger partial charge < -0.3 is 14.8 Å². The quantitative estimate of drug-likeness (QED) is 0.740. The summed E-state index contributed by atoms with van der Waals surface area (Å²) in [5.74, 6) is 0.590. The summed E-state index contributed by atoms with van der Waals surface area (Å²) in [6.45, 7) is 5.16.